The Morgan fingerprint density at radius 3 is 2.68 bits per heavy atom. The Kier molecular flexibility index (Phi) is 4.79. The Bertz CT molecular complexity index is 1150. The maximum Gasteiger partial charge on any atom is 0.275 e. The van der Waals surface area contributed by atoms with Crippen molar-refractivity contribution in [2.24, 2.45) is 0 Å². The average Bonchev–Trinajstić information content (AvgIpc) is 3.15. The van der Waals surface area contributed by atoms with E-state index in [0.29, 0.717) is 23.7 Å². The topological polar surface area (TPSA) is 59.9 Å². The zero-order chi connectivity index (χ0) is 19.5. The number of pyridine rings is 1. The lowest BCUT2D eigenvalue weighted by Gasteiger charge is -2.23. The molecule has 0 aliphatic heterocycles. The molecule has 3 aromatic heterocycles. The van der Waals surface area contributed by atoms with E-state index in [1.54, 1.807) is 19.4 Å². The molecule has 0 radical (unpaired) electrons. The number of fused-ring (bicyclic) bond motifs is 1. The summed E-state index contributed by atoms with van der Waals surface area (Å²) in [5, 5.41) is 4.48. The molecule has 7 nitrogen and oxygen atoms in total. The minimum absolute atomic E-state index is 0.265. The van der Waals surface area contributed by atoms with Gasteiger partial charge in [-0.2, -0.15) is 0 Å². The van der Waals surface area contributed by atoms with Gasteiger partial charge in [-0.3, -0.25) is 0 Å². The fraction of sp³-hybridized carbons (Fsp3) is 0.100. The third-order valence-electron chi connectivity index (χ3n) is 4.23. The van der Waals surface area contributed by atoms with Gasteiger partial charge in [-0.25, -0.2) is 9.97 Å². The molecule has 8 heteroatoms. The molecule has 4 rings (SSSR count). The van der Waals surface area contributed by atoms with Crippen LogP contribution < -0.4 is 9.64 Å². The second-order valence-electron chi connectivity index (χ2n) is 5.94. The number of hydrogen-bond acceptors (Lipinski definition) is 5. The molecular formula is C20H15ClN6O. The summed E-state index contributed by atoms with van der Waals surface area (Å²) in [6.07, 6.45) is 3.21. The Labute approximate surface area is 166 Å². The molecule has 0 unspecified atom stereocenters. The third kappa shape index (κ3) is 3.33. The zero-order valence-electron chi connectivity index (χ0n) is 15.0. The number of rotatable bonds is 5. The zero-order valence-corrected chi connectivity index (χ0v) is 15.7. The van der Waals surface area contributed by atoms with Crippen molar-refractivity contribution in [1.82, 2.24) is 19.6 Å². The fourth-order valence-electron chi connectivity index (χ4n) is 2.90. The summed E-state index contributed by atoms with van der Waals surface area (Å²) in [7, 11) is 1.64. The van der Waals surface area contributed by atoms with E-state index < -0.39 is 0 Å². The number of benzene rings is 1. The van der Waals surface area contributed by atoms with Gasteiger partial charge in [-0.05, 0) is 29.8 Å². The van der Waals surface area contributed by atoms with Crippen molar-refractivity contribution in [1.29, 1.82) is 0 Å². The summed E-state index contributed by atoms with van der Waals surface area (Å²) in [5.41, 5.74) is 2.30. The van der Waals surface area contributed by atoms with Gasteiger partial charge in [0.25, 0.3) is 11.5 Å². The lowest BCUT2D eigenvalue weighted by Crippen LogP contribution is -2.19. The van der Waals surface area contributed by atoms with Crippen molar-refractivity contribution in [3.63, 3.8) is 0 Å². The Morgan fingerprint density at radius 2 is 2.00 bits per heavy atom. The number of hydrogen-bond donors (Lipinski definition) is 0. The van der Waals surface area contributed by atoms with Gasteiger partial charge in [0.2, 0.25) is 0 Å². The van der Waals surface area contributed by atoms with Crippen LogP contribution in [0, 0.1) is 6.57 Å². The van der Waals surface area contributed by atoms with Crippen molar-refractivity contribution >= 4 is 34.6 Å². The molecule has 1 aromatic carbocycles. The molecule has 28 heavy (non-hydrogen) atoms. The summed E-state index contributed by atoms with van der Waals surface area (Å²) in [6.45, 7) is 7.84. The first-order valence-corrected chi connectivity index (χ1v) is 8.80. The second kappa shape index (κ2) is 7.55. The van der Waals surface area contributed by atoms with Crippen molar-refractivity contribution < 1.29 is 4.74 Å². The van der Waals surface area contributed by atoms with Crippen LogP contribution in [0.5, 0.6) is 5.75 Å². The van der Waals surface area contributed by atoms with Gasteiger partial charge < -0.3 is 14.5 Å². The molecule has 3 heterocycles. The number of nitrogens with zero attached hydrogens (tertiary/aromatic N) is 6. The highest BCUT2D eigenvalue weighted by Crippen LogP contribution is 2.32. The number of imidazole rings is 1. The summed E-state index contributed by atoms with van der Waals surface area (Å²) in [6, 6.07) is 15.2. The van der Waals surface area contributed by atoms with Crippen molar-refractivity contribution in [2.75, 3.05) is 12.0 Å². The third-order valence-corrected chi connectivity index (χ3v) is 4.42. The van der Waals surface area contributed by atoms with Crippen molar-refractivity contribution in [2.45, 2.75) is 6.54 Å². The van der Waals surface area contributed by atoms with E-state index in [4.69, 9.17) is 22.9 Å². The second-order valence-corrected chi connectivity index (χ2v) is 6.33. The first kappa shape index (κ1) is 17.8. The Balaban J connectivity index is 1.85. The highest BCUT2D eigenvalue weighted by atomic mass is 35.5. The molecule has 138 valence electrons. The molecular weight excluding hydrogens is 376 g/mol. The van der Waals surface area contributed by atoms with Crippen LogP contribution in [0.25, 0.3) is 10.5 Å². The van der Waals surface area contributed by atoms with Gasteiger partial charge >= 0.3 is 0 Å². The monoisotopic (exact) mass is 390 g/mol. The first-order chi connectivity index (χ1) is 13.7. The fourth-order valence-corrected chi connectivity index (χ4v) is 3.08. The molecule has 0 saturated carbocycles. The molecule has 0 N–H and O–H groups in total. The van der Waals surface area contributed by atoms with Crippen molar-refractivity contribution in [3.8, 4) is 5.75 Å². The molecule has 0 aliphatic rings. The standard InChI is InChI=1S/C20H15ClN6O/c1-22-19-12-24-20-16(11-17(21)25-27(19)20)26(18-5-3-4-10-23-18)13-14-6-8-15(28-2)9-7-14/h3-12H,13H2,2H3. The van der Waals surface area contributed by atoms with E-state index in [9.17, 15) is 0 Å². The predicted molar refractivity (Wildman–Crippen MR) is 107 cm³/mol. The normalized spacial score (nSPS) is 10.6. The van der Waals surface area contributed by atoms with Crippen LogP contribution in [-0.2, 0) is 6.54 Å². The largest absolute Gasteiger partial charge is 0.497 e. The molecule has 0 fully saturated rings. The maximum absolute atomic E-state index is 7.32. The van der Waals surface area contributed by atoms with Gasteiger partial charge in [0.05, 0.1) is 13.3 Å². The summed E-state index contributed by atoms with van der Waals surface area (Å²) < 4.78 is 6.69. The van der Waals surface area contributed by atoms with E-state index in [-0.39, 0.29) is 5.15 Å². The molecule has 0 bridgehead atoms. The van der Waals surface area contributed by atoms with Gasteiger partial charge in [-0.1, -0.05) is 41.5 Å². The number of methoxy groups -OCH3 is 1. The number of ether oxygens (including phenoxy) is 1. The van der Waals surface area contributed by atoms with Crippen LogP contribution in [-0.4, -0.2) is 26.7 Å². The van der Waals surface area contributed by atoms with Crippen molar-refractivity contribution in [3.05, 3.63) is 83.1 Å². The summed E-state index contributed by atoms with van der Waals surface area (Å²) in [5.74, 6) is 1.82. The highest BCUT2D eigenvalue weighted by molar-refractivity contribution is 6.29. The van der Waals surface area contributed by atoms with Crippen LogP contribution >= 0.6 is 11.6 Å². The number of aromatic nitrogens is 4. The van der Waals surface area contributed by atoms with E-state index in [1.807, 2.05) is 47.4 Å². The van der Waals surface area contributed by atoms with E-state index in [1.165, 1.54) is 10.7 Å². The van der Waals surface area contributed by atoms with Crippen LogP contribution in [0.15, 0.2) is 60.9 Å². The maximum atomic E-state index is 7.32. The van der Waals surface area contributed by atoms with Crippen LogP contribution in [0.1, 0.15) is 5.56 Å². The van der Waals surface area contributed by atoms with E-state index in [2.05, 4.69) is 19.9 Å². The SMILES string of the molecule is [C-]#[N+]c1cnc2c(N(Cc3ccc(OC)cc3)c3ccccn3)cc(Cl)nn12. The minimum Gasteiger partial charge on any atom is -0.497 e. The lowest BCUT2D eigenvalue weighted by molar-refractivity contribution is 0.414. The predicted octanol–water partition coefficient (Wildman–Crippen LogP) is 4.68. The van der Waals surface area contributed by atoms with E-state index in [0.717, 1.165) is 17.1 Å². The minimum atomic E-state index is 0.265. The van der Waals surface area contributed by atoms with Crippen LogP contribution in [0.2, 0.25) is 5.15 Å². The van der Waals surface area contributed by atoms with E-state index >= 15 is 0 Å². The molecule has 0 aliphatic carbocycles. The Morgan fingerprint density at radius 1 is 1.18 bits per heavy atom. The van der Waals surface area contributed by atoms with Crippen LogP contribution in [0.3, 0.4) is 0 Å². The molecule has 0 saturated heterocycles. The van der Waals surface area contributed by atoms with Gasteiger partial charge in [0, 0.05) is 18.8 Å². The highest BCUT2D eigenvalue weighted by Gasteiger charge is 2.21. The number of halogens is 1. The van der Waals surface area contributed by atoms with Crippen LogP contribution in [0.4, 0.5) is 17.3 Å². The lowest BCUT2D eigenvalue weighted by atomic mass is 10.2. The average molecular weight is 391 g/mol. The first-order valence-electron chi connectivity index (χ1n) is 8.43. The summed E-state index contributed by atoms with van der Waals surface area (Å²) >= 11 is 6.26. The molecule has 4 aromatic rings. The molecule has 0 spiro atoms. The quantitative estimate of drug-likeness (QED) is 0.463. The smallest absolute Gasteiger partial charge is 0.275 e. The number of anilines is 2. The summed E-state index contributed by atoms with van der Waals surface area (Å²) in [4.78, 5) is 14.3. The Hall–Kier alpha value is -3.63. The molecule has 0 atom stereocenters. The van der Waals surface area contributed by atoms with Gasteiger partial charge in [-0.15, -0.1) is 4.52 Å². The molecule has 0 amide bonds. The van der Waals surface area contributed by atoms with Gasteiger partial charge in [0.1, 0.15) is 17.3 Å². The van der Waals surface area contributed by atoms with Gasteiger partial charge in [0.15, 0.2) is 5.15 Å².